The van der Waals surface area contributed by atoms with Crippen molar-refractivity contribution in [3.8, 4) is 0 Å². The first kappa shape index (κ1) is 18.7. The number of anilines is 1. The van der Waals surface area contributed by atoms with E-state index in [1.54, 1.807) is 11.8 Å². The Bertz CT molecular complexity index is 534. The lowest BCUT2D eigenvalue weighted by Crippen LogP contribution is -2.32. The normalized spacial score (nSPS) is 16.3. The highest BCUT2D eigenvalue weighted by atomic mass is 32.2. The average molecular weight is 353 g/mol. The Morgan fingerprint density at radius 1 is 1.30 bits per heavy atom. The predicted octanol–water partition coefficient (Wildman–Crippen LogP) is 4.01. The molecule has 1 fully saturated rings. The fraction of sp³-hybridized carbons (Fsp3) is 0.611. The number of thioether (sulfide) groups is 2. The van der Waals surface area contributed by atoms with E-state index in [9.17, 15) is 4.79 Å². The summed E-state index contributed by atoms with van der Waals surface area (Å²) in [6, 6.07) is 6.23. The molecule has 128 valence electrons. The van der Waals surface area contributed by atoms with Crippen LogP contribution in [0.4, 0.5) is 5.69 Å². The van der Waals surface area contributed by atoms with Gasteiger partial charge in [0.05, 0.1) is 5.75 Å². The molecule has 0 saturated carbocycles. The van der Waals surface area contributed by atoms with E-state index in [1.165, 1.54) is 22.6 Å². The van der Waals surface area contributed by atoms with Gasteiger partial charge in [-0.15, -0.1) is 11.8 Å². The summed E-state index contributed by atoms with van der Waals surface area (Å²) in [6.07, 6.45) is 0. The molecule has 1 saturated heterocycles. The van der Waals surface area contributed by atoms with Crippen molar-refractivity contribution in [3.63, 3.8) is 0 Å². The fourth-order valence-corrected chi connectivity index (χ4v) is 4.07. The number of rotatable bonds is 5. The minimum atomic E-state index is 0.0829. The molecule has 2 rings (SSSR count). The number of carbonyl (C=O) groups is 1. The van der Waals surface area contributed by atoms with Crippen molar-refractivity contribution in [1.82, 2.24) is 4.90 Å². The van der Waals surface area contributed by atoms with E-state index in [4.69, 9.17) is 0 Å². The third-order valence-corrected chi connectivity index (χ3v) is 6.07. The highest BCUT2D eigenvalue weighted by Gasteiger charge is 2.16. The van der Waals surface area contributed by atoms with Gasteiger partial charge in [-0.05, 0) is 24.1 Å². The number of benzene rings is 1. The van der Waals surface area contributed by atoms with Gasteiger partial charge in [-0.2, -0.15) is 11.8 Å². The van der Waals surface area contributed by atoms with E-state index in [-0.39, 0.29) is 10.7 Å². The standard InChI is InChI=1S/C18H28N2OS2/c1-14-15(12-20-8-10-22-11-9-20)6-5-7-16(14)19-17(21)13-23-18(2,3)4/h5-7H,8-13H2,1-4H3,(H,19,21). The predicted molar refractivity (Wildman–Crippen MR) is 105 cm³/mol. The molecular weight excluding hydrogens is 324 g/mol. The molecule has 1 aliphatic heterocycles. The van der Waals surface area contributed by atoms with Crippen LogP contribution in [0.3, 0.4) is 0 Å². The van der Waals surface area contributed by atoms with Crippen molar-refractivity contribution in [1.29, 1.82) is 0 Å². The molecule has 1 aliphatic rings. The summed E-state index contributed by atoms with van der Waals surface area (Å²) in [4.78, 5) is 14.7. The van der Waals surface area contributed by atoms with E-state index in [1.807, 2.05) is 23.9 Å². The van der Waals surface area contributed by atoms with Crippen molar-refractivity contribution >= 4 is 35.1 Å². The summed E-state index contributed by atoms with van der Waals surface area (Å²) in [5.74, 6) is 3.02. The Balaban J connectivity index is 1.97. The molecule has 1 aromatic carbocycles. The van der Waals surface area contributed by atoms with Crippen molar-refractivity contribution in [3.05, 3.63) is 29.3 Å². The lowest BCUT2D eigenvalue weighted by Gasteiger charge is -2.27. The summed E-state index contributed by atoms with van der Waals surface area (Å²) < 4.78 is 0.112. The van der Waals surface area contributed by atoms with Crippen LogP contribution in [0.15, 0.2) is 18.2 Å². The smallest absolute Gasteiger partial charge is 0.234 e. The maximum absolute atomic E-state index is 12.2. The Hall–Kier alpha value is -0.650. The number of amides is 1. The van der Waals surface area contributed by atoms with Gasteiger partial charge < -0.3 is 5.32 Å². The zero-order valence-corrected chi connectivity index (χ0v) is 16.3. The second-order valence-corrected chi connectivity index (χ2v) is 9.95. The largest absolute Gasteiger partial charge is 0.325 e. The Kier molecular flexibility index (Phi) is 6.86. The molecule has 23 heavy (non-hydrogen) atoms. The lowest BCUT2D eigenvalue weighted by molar-refractivity contribution is -0.113. The molecule has 1 N–H and O–H groups in total. The van der Waals surface area contributed by atoms with E-state index in [0.717, 1.165) is 25.3 Å². The Labute approximate surface area is 149 Å². The zero-order chi connectivity index (χ0) is 16.9. The third-order valence-electron chi connectivity index (χ3n) is 3.85. The van der Waals surface area contributed by atoms with Gasteiger partial charge in [0.25, 0.3) is 0 Å². The molecule has 0 aromatic heterocycles. The first-order valence-electron chi connectivity index (χ1n) is 8.17. The van der Waals surface area contributed by atoms with Crippen molar-refractivity contribution < 1.29 is 4.79 Å². The average Bonchev–Trinajstić information content (AvgIpc) is 2.50. The van der Waals surface area contributed by atoms with E-state index < -0.39 is 0 Å². The highest BCUT2D eigenvalue weighted by Crippen LogP contribution is 2.25. The molecule has 1 aromatic rings. The van der Waals surface area contributed by atoms with E-state index in [2.05, 4.69) is 44.0 Å². The van der Waals surface area contributed by atoms with E-state index in [0.29, 0.717) is 5.75 Å². The first-order valence-corrected chi connectivity index (χ1v) is 10.3. The highest BCUT2D eigenvalue weighted by molar-refractivity contribution is 8.01. The van der Waals surface area contributed by atoms with Gasteiger partial charge >= 0.3 is 0 Å². The lowest BCUT2D eigenvalue weighted by atomic mass is 10.1. The van der Waals surface area contributed by atoms with Crippen LogP contribution in [0.5, 0.6) is 0 Å². The maximum Gasteiger partial charge on any atom is 0.234 e. The number of nitrogens with zero attached hydrogens (tertiary/aromatic N) is 1. The van der Waals surface area contributed by atoms with Gasteiger partial charge in [-0.1, -0.05) is 32.9 Å². The zero-order valence-electron chi connectivity index (χ0n) is 14.6. The monoisotopic (exact) mass is 352 g/mol. The molecule has 0 unspecified atom stereocenters. The molecule has 0 atom stereocenters. The first-order chi connectivity index (χ1) is 10.8. The summed E-state index contributed by atoms with van der Waals surface area (Å²) in [6.45, 7) is 11.8. The van der Waals surface area contributed by atoms with Crippen LogP contribution in [0.2, 0.25) is 0 Å². The minimum absolute atomic E-state index is 0.0829. The summed E-state index contributed by atoms with van der Waals surface area (Å²) in [7, 11) is 0. The molecule has 1 amide bonds. The minimum Gasteiger partial charge on any atom is -0.325 e. The molecule has 1 heterocycles. The van der Waals surface area contributed by atoms with Crippen LogP contribution in [0.1, 0.15) is 31.9 Å². The number of hydrogen-bond donors (Lipinski definition) is 1. The van der Waals surface area contributed by atoms with Crippen molar-refractivity contribution in [2.24, 2.45) is 0 Å². The van der Waals surface area contributed by atoms with E-state index >= 15 is 0 Å². The summed E-state index contributed by atoms with van der Waals surface area (Å²) in [5, 5.41) is 3.08. The van der Waals surface area contributed by atoms with Gasteiger partial charge in [0.1, 0.15) is 0 Å². The van der Waals surface area contributed by atoms with Gasteiger partial charge in [-0.3, -0.25) is 9.69 Å². The number of nitrogens with one attached hydrogen (secondary N) is 1. The fourth-order valence-electron chi connectivity index (χ4n) is 2.46. The quantitative estimate of drug-likeness (QED) is 0.868. The topological polar surface area (TPSA) is 32.3 Å². The molecule has 0 aliphatic carbocycles. The molecule has 0 bridgehead atoms. The van der Waals surface area contributed by atoms with Gasteiger partial charge in [0, 0.05) is 41.6 Å². The maximum atomic E-state index is 12.2. The van der Waals surface area contributed by atoms with Gasteiger partial charge in [0.15, 0.2) is 0 Å². The van der Waals surface area contributed by atoms with Gasteiger partial charge in [-0.25, -0.2) is 0 Å². The Morgan fingerprint density at radius 3 is 2.65 bits per heavy atom. The summed E-state index contributed by atoms with van der Waals surface area (Å²) >= 11 is 3.71. The van der Waals surface area contributed by atoms with Crippen LogP contribution in [-0.4, -0.2) is 45.9 Å². The number of carbonyl (C=O) groups excluding carboxylic acids is 1. The molecule has 0 radical (unpaired) electrons. The molecular formula is C18H28N2OS2. The summed E-state index contributed by atoms with van der Waals surface area (Å²) in [5.41, 5.74) is 3.46. The SMILES string of the molecule is Cc1c(CN2CCSCC2)cccc1NC(=O)CSC(C)(C)C. The van der Waals surface area contributed by atoms with Crippen molar-refractivity contribution in [2.75, 3.05) is 35.7 Å². The Morgan fingerprint density at radius 2 is 2.00 bits per heavy atom. The molecule has 0 spiro atoms. The van der Waals surface area contributed by atoms with Crippen LogP contribution in [-0.2, 0) is 11.3 Å². The second kappa shape index (κ2) is 8.45. The van der Waals surface area contributed by atoms with Crippen LogP contribution in [0.25, 0.3) is 0 Å². The number of hydrogen-bond acceptors (Lipinski definition) is 4. The van der Waals surface area contributed by atoms with Crippen LogP contribution < -0.4 is 5.32 Å². The van der Waals surface area contributed by atoms with Crippen LogP contribution >= 0.6 is 23.5 Å². The van der Waals surface area contributed by atoms with Crippen LogP contribution in [0, 0.1) is 6.92 Å². The third kappa shape index (κ3) is 6.40. The van der Waals surface area contributed by atoms with Crippen molar-refractivity contribution in [2.45, 2.75) is 39.0 Å². The van der Waals surface area contributed by atoms with Gasteiger partial charge in [0.2, 0.25) is 5.91 Å². The molecule has 5 heteroatoms. The molecule has 3 nitrogen and oxygen atoms in total. The second-order valence-electron chi connectivity index (χ2n) is 6.93.